The molecule has 7 nitrogen and oxygen atoms in total. The lowest BCUT2D eigenvalue weighted by Gasteiger charge is -2.44. The third-order valence-electron chi connectivity index (χ3n) is 5.26. The highest BCUT2D eigenvalue weighted by molar-refractivity contribution is 9.10. The van der Waals surface area contributed by atoms with E-state index in [0.717, 1.165) is 32.5 Å². The summed E-state index contributed by atoms with van der Waals surface area (Å²) in [4.78, 5) is 27.4. The standard InChI is InChI=1S/C18H19BrClN5O2/c19-14-15(18(27)21-13-9-25-7-5-10(13)6-8-25)23-24-16(14)22-17(26)11-3-1-2-4-12(11)20/h1-4,10,13H,5-9H2,(H,21,27)(H2,22,23,24,26). The second-order valence-electron chi connectivity index (χ2n) is 6.91. The fraction of sp³-hybridized carbons (Fsp3) is 0.389. The van der Waals surface area contributed by atoms with Crippen LogP contribution in [0.3, 0.4) is 0 Å². The van der Waals surface area contributed by atoms with Gasteiger partial charge in [-0.3, -0.25) is 14.7 Å². The van der Waals surface area contributed by atoms with Crippen LogP contribution in [0.2, 0.25) is 5.02 Å². The quantitative estimate of drug-likeness (QED) is 0.665. The molecule has 0 radical (unpaired) electrons. The molecule has 2 bridgehead atoms. The highest BCUT2D eigenvalue weighted by Gasteiger charge is 2.35. The van der Waals surface area contributed by atoms with Gasteiger partial charge in [0.25, 0.3) is 11.8 Å². The lowest BCUT2D eigenvalue weighted by molar-refractivity contribution is 0.0617. The van der Waals surface area contributed by atoms with Crippen molar-refractivity contribution in [2.24, 2.45) is 5.92 Å². The first kappa shape index (κ1) is 18.5. The number of aromatic nitrogens is 2. The number of carbonyl (C=O) groups excluding carboxylic acids is 2. The average Bonchev–Trinajstić information content (AvgIpc) is 3.03. The smallest absolute Gasteiger partial charge is 0.270 e. The fourth-order valence-electron chi connectivity index (χ4n) is 3.75. The monoisotopic (exact) mass is 451 g/mol. The van der Waals surface area contributed by atoms with Crippen LogP contribution in [0, 0.1) is 5.92 Å². The van der Waals surface area contributed by atoms with Crippen LogP contribution in [0.1, 0.15) is 33.7 Å². The molecule has 142 valence electrons. The Bertz CT molecular complexity index is 878. The van der Waals surface area contributed by atoms with E-state index in [9.17, 15) is 9.59 Å². The number of piperidine rings is 3. The molecule has 3 aliphatic rings. The Labute approximate surface area is 170 Å². The number of H-pyrrole nitrogens is 1. The lowest BCUT2D eigenvalue weighted by Crippen LogP contribution is -2.57. The van der Waals surface area contributed by atoms with Gasteiger partial charge in [-0.1, -0.05) is 23.7 Å². The molecule has 1 atom stereocenters. The third-order valence-corrected chi connectivity index (χ3v) is 6.36. The summed E-state index contributed by atoms with van der Waals surface area (Å²) in [5.41, 5.74) is 0.633. The number of benzene rings is 1. The normalized spacial score (nSPS) is 23.9. The third kappa shape index (κ3) is 3.74. The predicted molar refractivity (Wildman–Crippen MR) is 106 cm³/mol. The summed E-state index contributed by atoms with van der Waals surface area (Å²) in [5.74, 6) is 0.155. The number of halogens is 2. The summed E-state index contributed by atoms with van der Waals surface area (Å²) in [7, 11) is 0. The summed E-state index contributed by atoms with van der Waals surface area (Å²) in [5, 5.41) is 12.9. The van der Waals surface area contributed by atoms with Gasteiger partial charge in [-0.2, -0.15) is 5.10 Å². The van der Waals surface area contributed by atoms with Crippen molar-refractivity contribution in [3.63, 3.8) is 0 Å². The summed E-state index contributed by atoms with van der Waals surface area (Å²) >= 11 is 9.42. The number of hydrogen-bond donors (Lipinski definition) is 3. The van der Waals surface area contributed by atoms with E-state index in [1.165, 1.54) is 0 Å². The molecule has 5 rings (SSSR count). The van der Waals surface area contributed by atoms with Crippen molar-refractivity contribution in [3.05, 3.63) is 45.0 Å². The molecular weight excluding hydrogens is 434 g/mol. The van der Waals surface area contributed by atoms with E-state index in [1.54, 1.807) is 24.3 Å². The molecule has 3 fully saturated rings. The van der Waals surface area contributed by atoms with E-state index in [2.05, 4.69) is 41.7 Å². The Balaban J connectivity index is 1.45. The van der Waals surface area contributed by atoms with Crippen molar-refractivity contribution in [3.8, 4) is 0 Å². The largest absolute Gasteiger partial charge is 0.346 e. The van der Waals surface area contributed by atoms with Gasteiger partial charge in [-0.05, 0) is 59.9 Å². The molecule has 2 aromatic rings. The first-order valence-corrected chi connectivity index (χ1v) is 10.0. The Kier molecular flexibility index (Phi) is 5.21. The van der Waals surface area contributed by atoms with Crippen LogP contribution in [-0.2, 0) is 0 Å². The maximum Gasteiger partial charge on any atom is 0.270 e. The lowest BCUT2D eigenvalue weighted by atomic mass is 9.84. The van der Waals surface area contributed by atoms with Crippen LogP contribution < -0.4 is 10.6 Å². The van der Waals surface area contributed by atoms with Crippen molar-refractivity contribution in [1.82, 2.24) is 20.4 Å². The zero-order valence-electron chi connectivity index (χ0n) is 14.5. The van der Waals surface area contributed by atoms with Crippen LogP contribution in [-0.4, -0.2) is 52.6 Å². The molecule has 1 aromatic carbocycles. The number of rotatable bonds is 4. The van der Waals surface area contributed by atoms with Crippen LogP contribution >= 0.6 is 27.5 Å². The van der Waals surface area contributed by atoms with E-state index in [1.807, 2.05) is 0 Å². The molecule has 3 saturated heterocycles. The van der Waals surface area contributed by atoms with E-state index < -0.39 is 5.91 Å². The Morgan fingerprint density at radius 1 is 1.22 bits per heavy atom. The summed E-state index contributed by atoms with van der Waals surface area (Å²) in [6, 6.07) is 6.90. The predicted octanol–water partition coefficient (Wildman–Crippen LogP) is 2.90. The van der Waals surface area contributed by atoms with Crippen molar-refractivity contribution in [2.75, 3.05) is 25.0 Å². The summed E-state index contributed by atoms with van der Waals surface area (Å²) in [6.07, 6.45) is 2.24. The van der Waals surface area contributed by atoms with Gasteiger partial charge in [-0.25, -0.2) is 0 Å². The number of amides is 2. The molecule has 3 aliphatic heterocycles. The Morgan fingerprint density at radius 3 is 2.63 bits per heavy atom. The second-order valence-corrected chi connectivity index (χ2v) is 8.11. The molecule has 4 heterocycles. The maximum atomic E-state index is 12.7. The first-order valence-electron chi connectivity index (χ1n) is 8.86. The minimum Gasteiger partial charge on any atom is -0.346 e. The van der Waals surface area contributed by atoms with E-state index in [4.69, 9.17) is 11.6 Å². The highest BCUT2D eigenvalue weighted by Crippen LogP contribution is 2.29. The molecule has 0 aliphatic carbocycles. The Morgan fingerprint density at radius 2 is 1.96 bits per heavy atom. The van der Waals surface area contributed by atoms with Crippen molar-refractivity contribution in [1.29, 1.82) is 0 Å². The molecule has 3 N–H and O–H groups in total. The van der Waals surface area contributed by atoms with Crippen LogP contribution in [0.5, 0.6) is 0 Å². The molecule has 0 spiro atoms. The van der Waals surface area contributed by atoms with Crippen molar-refractivity contribution >= 4 is 45.2 Å². The number of nitrogens with zero attached hydrogens (tertiary/aromatic N) is 2. The average molecular weight is 453 g/mol. The van der Waals surface area contributed by atoms with Gasteiger partial charge in [-0.15, -0.1) is 0 Å². The maximum absolute atomic E-state index is 12.7. The molecule has 1 unspecified atom stereocenters. The van der Waals surface area contributed by atoms with Crippen LogP contribution in [0.25, 0.3) is 0 Å². The van der Waals surface area contributed by atoms with E-state index >= 15 is 0 Å². The number of nitrogens with one attached hydrogen (secondary N) is 3. The van der Waals surface area contributed by atoms with Gasteiger partial charge in [0.05, 0.1) is 15.1 Å². The van der Waals surface area contributed by atoms with Crippen LogP contribution in [0.15, 0.2) is 28.7 Å². The number of carbonyl (C=O) groups is 2. The molecule has 0 saturated carbocycles. The van der Waals surface area contributed by atoms with Crippen molar-refractivity contribution in [2.45, 2.75) is 18.9 Å². The second kappa shape index (κ2) is 7.61. The molecule has 9 heteroatoms. The first-order chi connectivity index (χ1) is 13.0. The van der Waals surface area contributed by atoms with E-state index in [0.29, 0.717) is 26.7 Å². The van der Waals surface area contributed by atoms with Gasteiger partial charge in [0.1, 0.15) is 5.69 Å². The number of hydrogen-bond acceptors (Lipinski definition) is 4. The number of anilines is 1. The number of aromatic amines is 1. The van der Waals surface area contributed by atoms with Crippen LogP contribution in [0.4, 0.5) is 5.82 Å². The van der Waals surface area contributed by atoms with E-state index in [-0.39, 0.29) is 17.8 Å². The minimum absolute atomic E-state index is 0.149. The zero-order valence-corrected chi connectivity index (χ0v) is 16.8. The van der Waals surface area contributed by atoms with Gasteiger partial charge in [0.2, 0.25) is 0 Å². The minimum atomic E-state index is -0.392. The fourth-order valence-corrected chi connectivity index (χ4v) is 4.43. The highest BCUT2D eigenvalue weighted by atomic mass is 79.9. The number of fused-ring (bicyclic) bond motifs is 3. The zero-order chi connectivity index (χ0) is 19.0. The summed E-state index contributed by atoms with van der Waals surface area (Å²) in [6.45, 7) is 3.12. The molecule has 2 amide bonds. The van der Waals surface area contributed by atoms with Gasteiger partial charge >= 0.3 is 0 Å². The SMILES string of the molecule is O=C(Nc1n[nH]c(C(=O)NC2CN3CCC2CC3)c1Br)c1ccccc1Cl. The van der Waals surface area contributed by atoms with Crippen molar-refractivity contribution < 1.29 is 9.59 Å². The van der Waals surface area contributed by atoms with Gasteiger partial charge < -0.3 is 15.5 Å². The van der Waals surface area contributed by atoms with Gasteiger partial charge in [0, 0.05) is 12.6 Å². The molecule has 27 heavy (non-hydrogen) atoms. The molecule has 1 aromatic heterocycles. The molecular formula is C18H19BrClN5O2. The van der Waals surface area contributed by atoms with Gasteiger partial charge in [0.15, 0.2) is 5.82 Å². The topological polar surface area (TPSA) is 90.1 Å². The Hall–Kier alpha value is -1.90. The summed E-state index contributed by atoms with van der Waals surface area (Å²) < 4.78 is 0.418.